The number of amides is 3. The summed E-state index contributed by atoms with van der Waals surface area (Å²) in [5.74, 6) is -0.382. The molecule has 2 heterocycles. The molecule has 33 heavy (non-hydrogen) atoms. The zero-order chi connectivity index (χ0) is 23.4. The van der Waals surface area contributed by atoms with E-state index in [0.717, 1.165) is 10.5 Å². The van der Waals surface area contributed by atoms with Gasteiger partial charge in [-0.05, 0) is 42.8 Å². The van der Waals surface area contributed by atoms with Gasteiger partial charge in [0, 0.05) is 36.1 Å². The van der Waals surface area contributed by atoms with Crippen LogP contribution in [0, 0.1) is 0 Å². The predicted octanol–water partition coefficient (Wildman–Crippen LogP) is 4.12. The van der Waals surface area contributed by atoms with Crippen molar-refractivity contribution >= 4 is 53.0 Å². The standard InChI is InChI=1S/C24H24ClN3O4S/c1-2-32-24(31)27-12-10-26(11-13-27)22(29)16-28-19-8-3-4-9-20(19)33-21(23(28)30)15-17-6-5-7-18(25)14-17/h3-9,14-15H,2,10-13,16H2,1H3/b21-15+. The van der Waals surface area contributed by atoms with Crippen molar-refractivity contribution in [2.45, 2.75) is 11.8 Å². The fraction of sp³-hybridized carbons (Fsp3) is 0.292. The third-order valence-corrected chi connectivity index (χ3v) is 6.74. The van der Waals surface area contributed by atoms with Crippen LogP contribution in [-0.4, -0.2) is 67.0 Å². The Hall–Kier alpha value is -2.97. The number of rotatable bonds is 4. The maximum atomic E-state index is 13.4. The van der Waals surface area contributed by atoms with Crippen LogP contribution in [0.3, 0.4) is 0 Å². The van der Waals surface area contributed by atoms with E-state index in [1.54, 1.807) is 34.9 Å². The van der Waals surface area contributed by atoms with Crippen molar-refractivity contribution in [1.82, 2.24) is 9.80 Å². The zero-order valence-electron chi connectivity index (χ0n) is 18.2. The third-order valence-electron chi connectivity index (χ3n) is 5.43. The molecule has 2 aromatic carbocycles. The summed E-state index contributed by atoms with van der Waals surface area (Å²) in [5, 5.41) is 0.590. The normalized spacial score (nSPS) is 17.2. The van der Waals surface area contributed by atoms with Crippen molar-refractivity contribution < 1.29 is 19.1 Å². The summed E-state index contributed by atoms with van der Waals surface area (Å²) >= 11 is 7.48. The maximum absolute atomic E-state index is 13.4. The Bertz CT molecular complexity index is 1100. The average molecular weight is 486 g/mol. The Morgan fingerprint density at radius 3 is 2.52 bits per heavy atom. The topological polar surface area (TPSA) is 70.2 Å². The summed E-state index contributed by atoms with van der Waals surface area (Å²) in [7, 11) is 0. The number of carbonyl (C=O) groups excluding carboxylic acids is 3. The van der Waals surface area contributed by atoms with Crippen molar-refractivity contribution in [2.75, 3.05) is 44.2 Å². The molecule has 4 rings (SSSR count). The molecule has 0 saturated carbocycles. The Morgan fingerprint density at radius 2 is 1.79 bits per heavy atom. The quantitative estimate of drug-likeness (QED) is 0.609. The van der Waals surface area contributed by atoms with Crippen LogP contribution < -0.4 is 4.90 Å². The van der Waals surface area contributed by atoms with Gasteiger partial charge >= 0.3 is 6.09 Å². The Labute approximate surface area is 201 Å². The molecule has 2 aromatic rings. The number of hydrogen-bond donors (Lipinski definition) is 0. The van der Waals surface area contributed by atoms with E-state index >= 15 is 0 Å². The molecule has 0 atom stereocenters. The summed E-state index contributed by atoms with van der Waals surface area (Å²) < 4.78 is 5.03. The first kappa shape index (κ1) is 23.2. The molecule has 2 aliphatic rings. The van der Waals surface area contributed by atoms with Crippen LogP contribution in [0.25, 0.3) is 6.08 Å². The average Bonchev–Trinajstić information content (AvgIpc) is 2.82. The Kier molecular flexibility index (Phi) is 7.25. The Balaban J connectivity index is 1.51. The predicted molar refractivity (Wildman–Crippen MR) is 129 cm³/mol. The molecule has 0 bridgehead atoms. The lowest BCUT2D eigenvalue weighted by molar-refractivity contribution is -0.132. The number of ether oxygens (including phenoxy) is 1. The van der Waals surface area contributed by atoms with E-state index in [9.17, 15) is 14.4 Å². The number of para-hydroxylation sites is 1. The van der Waals surface area contributed by atoms with Gasteiger partial charge in [0.15, 0.2) is 0 Å². The van der Waals surface area contributed by atoms with Crippen molar-refractivity contribution in [3.05, 3.63) is 64.0 Å². The minimum atomic E-state index is -0.363. The zero-order valence-corrected chi connectivity index (χ0v) is 19.8. The fourth-order valence-corrected chi connectivity index (χ4v) is 5.01. The van der Waals surface area contributed by atoms with Gasteiger partial charge in [0.2, 0.25) is 5.91 Å². The highest BCUT2D eigenvalue weighted by Crippen LogP contribution is 2.42. The molecule has 3 amide bonds. The van der Waals surface area contributed by atoms with Crippen LogP contribution in [0.1, 0.15) is 12.5 Å². The molecule has 2 aliphatic heterocycles. The van der Waals surface area contributed by atoms with Crippen molar-refractivity contribution in [1.29, 1.82) is 0 Å². The fourth-order valence-electron chi connectivity index (χ4n) is 3.76. The third kappa shape index (κ3) is 5.34. The second-order valence-corrected chi connectivity index (χ2v) is 9.11. The molecular formula is C24H24ClN3O4S. The molecular weight excluding hydrogens is 462 g/mol. The van der Waals surface area contributed by atoms with Gasteiger partial charge in [-0.1, -0.05) is 47.6 Å². The van der Waals surface area contributed by atoms with Gasteiger partial charge in [0.1, 0.15) is 6.54 Å². The molecule has 0 N–H and O–H groups in total. The molecule has 7 nitrogen and oxygen atoms in total. The molecule has 172 valence electrons. The van der Waals surface area contributed by atoms with Gasteiger partial charge in [-0.2, -0.15) is 0 Å². The summed E-state index contributed by atoms with van der Waals surface area (Å²) in [5.41, 5.74) is 1.54. The molecule has 1 fully saturated rings. The lowest BCUT2D eigenvalue weighted by atomic mass is 10.2. The van der Waals surface area contributed by atoms with Gasteiger partial charge in [-0.3, -0.25) is 14.5 Å². The summed E-state index contributed by atoms with van der Waals surface area (Å²) in [6, 6.07) is 14.8. The smallest absolute Gasteiger partial charge is 0.409 e. The monoisotopic (exact) mass is 485 g/mol. The van der Waals surface area contributed by atoms with Crippen LogP contribution in [0.4, 0.5) is 10.5 Å². The minimum Gasteiger partial charge on any atom is -0.450 e. The van der Waals surface area contributed by atoms with E-state index in [0.29, 0.717) is 48.4 Å². The van der Waals surface area contributed by atoms with Crippen molar-refractivity contribution in [2.24, 2.45) is 0 Å². The van der Waals surface area contributed by atoms with Crippen LogP contribution in [-0.2, 0) is 14.3 Å². The summed E-state index contributed by atoms with van der Waals surface area (Å²) in [4.78, 5) is 44.6. The number of nitrogens with zero attached hydrogens (tertiary/aromatic N) is 3. The molecule has 0 unspecified atom stereocenters. The molecule has 0 radical (unpaired) electrons. The molecule has 9 heteroatoms. The van der Waals surface area contributed by atoms with E-state index < -0.39 is 0 Å². The van der Waals surface area contributed by atoms with Crippen molar-refractivity contribution in [3.63, 3.8) is 0 Å². The SMILES string of the molecule is CCOC(=O)N1CCN(C(=O)CN2C(=O)/C(=C\c3cccc(Cl)c3)Sc3ccccc32)CC1. The molecule has 0 spiro atoms. The van der Waals surface area contributed by atoms with Gasteiger partial charge < -0.3 is 14.5 Å². The highest BCUT2D eigenvalue weighted by molar-refractivity contribution is 8.04. The highest BCUT2D eigenvalue weighted by Gasteiger charge is 2.33. The Morgan fingerprint density at radius 1 is 1.06 bits per heavy atom. The number of benzene rings is 2. The summed E-state index contributed by atoms with van der Waals surface area (Å²) in [6.45, 7) is 3.64. The molecule has 0 aromatic heterocycles. The number of halogens is 1. The number of carbonyl (C=O) groups is 3. The number of thioether (sulfide) groups is 1. The van der Waals surface area contributed by atoms with E-state index in [4.69, 9.17) is 16.3 Å². The lowest BCUT2D eigenvalue weighted by Gasteiger charge is -2.36. The number of anilines is 1. The van der Waals surface area contributed by atoms with Crippen LogP contribution in [0.5, 0.6) is 0 Å². The molecule has 1 saturated heterocycles. The van der Waals surface area contributed by atoms with Gasteiger partial charge in [0.05, 0.1) is 17.2 Å². The van der Waals surface area contributed by atoms with Crippen LogP contribution >= 0.6 is 23.4 Å². The van der Waals surface area contributed by atoms with E-state index in [2.05, 4.69) is 0 Å². The van der Waals surface area contributed by atoms with Crippen LogP contribution in [0.15, 0.2) is 58.3 Å². The van der Waals surface area contributed by atoms with Gasteiger partial charge in [-0.25, -0.2) is 4.79 Å². The first-order valence-electron chi connectivity index (χ1n) is 10.7. The second kappa shape index (κ2) is 10.3. The number of fused-ring (bicyclic) bond motifs is 1. The van der Waals surface area contributed by atoms with E-state index in [-0.39, 0.29) is 24.5 Å². The second-order valence-electron chi connectivity index (χ2n) is 7.59. The maximum Gasteiger partial charge on any atom is 0.409 e. The minimum absolute atomic E-state index is 0.0668. The lowest BCUT2D eigenvalue weighted by Crippen LogP contribution is -2.53. The van der Waals surface area contributed by atoms with E-state index in [1.807, 2.05) is 36.4 Å². The molecule has 0 aliphatic carbocycles. The highest BCUT2D eigenvalue weighted by atomic mass is 35.5. The number of piperazine rings is 1. The van der Waals surface area contributed by atoms with E-state index in [1.165, 1.54) is 16.7 Å². The largest absolute Gasteiger partial charge is 0.450 e. The first-order valence-corrected chi connectivity index (χ1v) is 11.9. The first-order chi connectivity index (χ1) is 16.0. The van der Waals surface area contributed by atoms with Gasteiger partial charge in [0.25, 0.3) is 5.91 Å². The number of hydrogen-bond acceptors (Lipinski definition) is 5. The van der Waals surface area contributed by atoms with Crippen molar-refractivity contribution in [3.8, 4) is 0 Å². The van der Waals surface area contributed by atoms with Crippen LogP contribution in [0.2, 0.25) is 5.02 Å². The summed E-state index contributed by atoms with van der Waals surface area (Å²) in [6.07, 6.45) is 1.43. The van der Waals surface area contributed by atoms with Gasteiger partial charge in [-0.15, -0.1) is 0 Å².